The monoisotopic (exact) mass is 783 g/mol. The number of esters is 2. The molecule has 314 valence electrons. The third-order valence-corrected chi connectivity index (χ3v) is 9.83. The van der Waals surface area contributed by atoms with Gasteiger partial charge < -0.3 is 18.9 Å². The second-order valence-electron chi connectivity index (χ2n) is 15.3. The lowest BCUT2D eigenvalue weighted by molar-refractivity contribution is -0.870. The molecule has 0 fully saturated rings. The molecular formula is C44H81NO8P+. The van der Waals surface area contributed by atoms with E-state index in [1.807, 2.05) is 21.1 Å². The van der Waals surface area contributed by atoms with Crippen molar-refractivity contribution in [2.45, 2.75) is 174 Å². The number of nitrogens with zero attached hydrogens (tertiary/aromatic N) is 1. The van der Waals surface area contributed by atoms with Gasteiger partial charge in [-0.3, -0.25) is 18.6 Å². The molecule has 0 aromatic rings. The standard InChI is InChI=1S/C44H80NO8P/c1-6-8-10-12-14-16-18-20-22-24-26-28-30-32-34-36-43(46)50-40-42(41-52-54(48,49)51-39-38-45(3,4)5)53-44(47)37-35-33-31-29-27-25-23-21-19-17-15-13-11-9-7-2/h9,11,15,17,21,23-24,26,42H,6-8,10,12-14,16,18-20,22,25,27-41H2,1-5H3/p+1/b11-9+,17-15+,23-21+,26-24+/t42-/m1/s1. The van der Waals surface area contributed by atoms with Crippen molar-refractivity contribution < 1.29 is 42.1 Å². The SMILES string of the molecule is CC/C=C/C/C=C/C/C=C/CCCCCCCC(=O)O[C@H](COC(=O)CCCCC/C=C/CCCCCCCCCC)COP(=O)(O)OCC[N+](C)(C)C. The van der Waals surface area contributed by atoms with Crippen LogP contribution in [0.25, 0.3) is 0 Å². The Hall–Kier alpha value is -2.03. The first-order chi connectivity index (χ1) is 26.0. The second-order valence-corrected chi connectivity index (χ2v) is 16.8. The van der Waals surface area contributed by atoms with E-state index in [0.717, 1.165) is 77.0 Å². The van der Waals surface area contributed by atoms with Crippen molar-refractivity contribution in [2.24, 2.45) is 0 Å². The van der Waals surface area contributed by atoms with Crippen molar-refractivity contribution in [1.29, 1.82) is 0 Å². The maximum absolute atomic E-state index is 12.7. The molecule has 1 N–H and O–H groups in total. The van der Waals surface area contributed by atoms with Crippen LogP contribution in [-0.4, -0.2) is 74.9 Å². The molecule has 0 aliphatic rings. The molecule has 2 atom stereocenters. The molecule has 0 rings (SSSR count). The second kappa shape index (κ2) is 36.6. The zero-order chi connectivity index (χ0) is 40.0. The number of quaternary nitrogens is 1. The number of likely N-dealkylation sites (N-methyl/N-ethyl adjacent to an activating group) is 1. The molecule has 0 saturated carbocycles. The number of phosphoric acid groups is 1. The summed E-state index contributed by atoms with van der Waals surface area (Å²) < 4.78 is 34.2. The highest BCUT2D eigenvalue weighted by Gasteiger charge is 2.27. The Labute approximate surface area is 331 Å². The molecule has 54 heavy (non-hydrogen) atoms. The first-order valence-electron chi connectivity index (χ1n) is 21.4. The lowest BCUT2D eigenvalue weighted by atomic mass is 10.1. The molecular weight excluding hydrogens is 701 g/mol. The number of unbranched alkanes of at least 4 members (excludes halogenated alkanes) is 16. The summed E-state index contributed by atoms with van der Waals surface area (Å²) in [6, 6.07) is 0. The van der Waals surface area contributed by atoms with Crippen LogP contribution in [0, 0.1) is 0 Å². The Morgan fingerprint density at radius 1 is 0.593 bits per heavy atom. The quantitative estimate of drug-likeness (QED) is 0.0217. The number of ether oxygens (including phenoxy) is 2. The van der Waals surface area contributed by atoms with Gasteiger partial charge in [-0.15, -0.1) is 0 Å². The van der Waals surface area contributed by atoms with Gasteiger partial charge in [0.25, 0.3) is 0 Å². The number of rotatable bonds is 38. The van der Waals surface area contributed by atoms with Crippen LogP contribution in [0.1, 0.15) is 168 Å². The number of phosphoric ester groups is 1. The van der Waals surface area contributed by atoms with Gasteiger partial charge in [0.15, 0.2) is 6.10 Å². The molecule has 0 amide bonds. The average molecular weight is 783 g/mol. The van der Waals surface area contributed by atoms with Crippen molar-refractivity contribution in [2.75, 3.05) is 47.5 Å². The van der Waals surface area contributed by atoms with Crippen LogP contribution < -0.4 is 0 Å². The Balaban J connectivity index is 4.43. The van der Waals surface area contributed by atoms with E-state index in [0.29, 0.717) is 23.9 Å². The summed E-state index contributed by atoms with van der Waals surface area (Å²) in [7, 11) is 1.45. The number of hydrogen-bond donors (Lipinski definition) is 1. The van der Waals surface area contributed by atoms with E-state index in [2.05, 4.69) is 62.5 Å². The Morgan fingerprint density at radius 2 is 1.06 bits per heavy atom. The summed E-state index contributed by atoms with van der Waals surface area (Å²) in [6.07, 6.45) is 41.6. The van der Waals surface area contributed by atoms with E-state index in [9.17, 15) is 19.0 Å². The normalized spacial score (nSPS) is 14.1. The third kappa shape index (κ3) is 39.7. The molecule has 10 heteroatoms. The lowest BCUT2D eigenvalue weighted by Gasteiger charge is -2.24. The lowest BCUT2D eigenvalue weighted by Crippen LogP contribution is -2.37. The van der Waals surface area contributed by atoms with Gasteiger partial charge in [0.1, 0.15) is 19.8 Å². The van der Waals surface area contributed by atoms with Crippen LogP contribution in [0.5, 0.6) is 0 Å². The van der Waals surface area contributed by atoms with Crippen LogP contribution >= 0.6 is 7.82 Å². The smallest absolute Gasteiger partial charge is 0.462 e. The van der Waals surface area contributed by atoms with E-state index in [1.165, 1.54) is 51.4 Å². The van der Waals surface area contributed by atoms with Gasteiger partial charge in [-0.1, -0.05) is 133 Å². The Kier molecular flexibility index (Phi) is 35.2. The maximum atomic E-state index is 12.7. The van der Waals surface area contributed by atoms with E-state index >= 15 is 0 Å². The van der Waals surface area contributed by atoms with Gasteiger partial charge in [0.2, 0.25) is 0 Å². The Bertz CT molecular complexity index is 1070. The summed E-state index contributed by atoms with van der Waals surface area (Å²) in [5.74, 6) is -0.839. The van der Waals surface area contributed by atoms with Crippen LogP contribution in [-0.2, 0) is 32.7 Å². The van der Waals surface area contributed by atoms with E-state index in [1.54, 1.807) is 0 Å². The molecule has 0 bridgehead atoms. The van der Waals surface area contributed by atoms with Gasteiger partial charge in [0.05, 0.1) is 27.7 Å². The molecule has 0 saturated heterocycles. The van der Waals surface area contributed by atoms with Crippen molar-refractivity contribution in [3.63, 3.8) is 0 Å². The van der Waals surface area contributed by atoms with Gasteiger partial charge >= 0.3 is 19.8 Å². The third-order valence-electron chi connectivity index (χ3n) is 8.84. The van der Waals surface area contributed by atoms with Crippen LogP contribution in [0.4, 0.5) is 0 Å². The van der Waals surface area contributed by atoms with Gasteiger partial charge in [-0.25, -0.2) is 4.57 Å². The predicted molar refractivity (Wildman–Crippen MR) is 224 cm³/mol. The topological polar surface area (TPSA) is 108 Å². The maximum Gasteiger partial charge on any atom is 0.472 e. The van der Waals surface area contributed by atoms with Crippen molar-refractivity contribution >= 4 is 19.8 Å². The fourth-order valence-corrected chi connectivity index (χ4v) is 6.23. The largest absolute Gasteiger partial charge is 0.472 e. The molecule has 9 nitrogen and oxygen atoms in total. The number of hydrogen-bond acceptors (Lipinski definition) is 7. The highest BCUT2D eigenvalue weighted by molar-refractivity contribution is 7.47. The zero-order valence-corrected chi connectivity index (χ0v) is 36.1. The number of carbonyl (C=O) groups is 2. The number of allylic oxidation sites excluding steroid dienone is 8. The minimum Gasteiger partial charge on any atom is -0.462 e. The highest BCUT2D eigenvalue weighted by atomic mass is 31.2. The van der Waals surface area contributed by atoms with Gasteiger partial charge in [0, 0.05) is 12.8 Å². The molecule has 0 aromatic heterocycles. The van der Waals surface area contributed by atoms with Crippen molar-refractivity contribution in [3.8, 4) is 0 Å². The first-order valence-corrected chi connectivity index (χ1v) is 22.9. The summed E-state index contributed by atoms with van der Waals surface area (Å²) in [4.78, 5) is 35.3. The molecule has 0 aliphatic heterocycles. The molecule has 0 spiro atoms. The number of carbonyl (C=O) groups excluding carboxylic acids is 2. The summed E-state index contributed by atoms with van der Waals surface area (Å²) in [5.41, 5.74) is 0. The minimum absolute atomic E-state index is 0.0244. The molecule has 0 aromatic carbocycles. The summed E-state index contributed by atoms with van der Waals surface area (Å²) >= 11 is 0. The van der Waals surface area contributed by atoms with E-state index in [-0.39, 0.29) is 32.0 Å². The van der Waals surface area contributed by atoms with Crippen LogP contribution in [0.15, 0.2) is 48.6 Å². The van der Waals surface area contributed by atoms with Gasteiger partial charge in [-0.2, -0.15) is 0 Å². The van der Waals surface area contributed by atoms with Gasteiger partial charge in [-0.05, 0) is 70.6 Å². The highest BCUT2D eigenvalue weighted by Crippen LogP contribution is 2.43. The fraction of sp³-hybridized carbons (Fsp3) is 0.773. The molecule has 1 unspecified atom stereocenters. The van der Waals surface area contributed by atoms with Crippen LogP contribution in [0.3, 0.4) is 0 Å². The van der Waals surface area contributed by atoms with E-state index < -0.39 is 26.5 Å². The fourth-order valence-electron chi connectivity index (χ4n) is 5.49. The summed E-state index contributed by atoms with van der Waals surface area (Å²) in [6.45, 7) is 4.26. The summed E-state index contributed by atoms with van der Waals surface area (Å²) in [5, 5.41) is 0. The van der Waals surface area contributed by atoms with Crippen LogP contribution in [0.2, 0.25) is 0 Å². The predicted octanol–water partition coefficient (Wildman–Crippen LogP) is 11.9. The molecule has 0 radical (unpaired) electrons. The van der Waals surface area contributed by atoms with E-state index in [4.69, 9.17) is 18.5 Å². The first kappa shape index (κ1) is 52.0. The van der Waals surface area contributed by atoms with Crippen molar-refractivity contribution in [1.82, 2.24) is 0 Å². The molecule has 0 heterocycles. The zero-order valence-electron chi connectivity index (χ0n) is 35.2. The Morgan fingerprint density at radius 3 is 1.61 bits per heavy atom. The average Bonchev–Trinajstić information content (AvgIpc) is 3.12. The minimum atomic E-state index is -4.38. The molecule has 0 aliphatic carbocycles. The van der Waals surface area contributed by atoms with Crippen molar-refractivity contribution in [3.05, 3.63) is 48.6 Å².